The Kier molecular flexibility index (Phi) is 4.99. The van der Waals surface area contributed by atoms with Gasteiger partial charge in [0.2, 0.25) is 0 Å². The van der Waals surface area contributed by atoms with Crippen LogP contribution in [0.5, 0.6) is 0 Å². The minimum atomic E-state index is 0.636. The molecule has 2 rings (SSSR count). The van der Waals surface area contributed by atoms with E-state index >= 15 is 0 Å². The van der Waals surface area contributed by atoms with Gasteiger partial charge in [0, 0.05) is 53.5 Å². The number of halogens is 1. The summed E-state index contributed by atoms with van der Waals surface area (Å²) in [5.41, 5.74) is 0. The molecule has 0 spiro atoms. The van der Waals surface area contributed by atoms with E-state index in [-0.39, 0.29) is 0 Å². The van der Waals surface area contributed by atoms with Crippen LogP contribution in [0.2, 0.25) is 0 Å². The number of nitrogens with one attached hydrogen (secondary N) is 1. The predicted molar refractivity (Wildman–Crippen MR) is 77.6 cm³/mol. The second-order valence-electron chi connectivity index (χ2n) is 4.76. The fourth-order valence-electron chi connectivity index (χ4n) is 2.13. The summed E-state index contributed by atoms with van der Waals surface area (Å²) < 4.78 is 1.19. The lowest BCUT2D eigenvalue weighted by atomic mass is 10.2. The molecule has 17 heavy (non-hydrogen) atoms. The second kappa shape index (κ2) is 6.29. The molecule has 3 nitrogen and oxygen atoms in total. The summed E-state index contributed by atoms with van der Waals surface area (Å²) >= 11 is 5.29. The van der Waals surface area contributed by atoms with Crippen molar-refractivity contribution in [3.8, 4) is 0 Å². The molecule has 1 aromatic rings. The standard InChI is InChI=1S/C12H20BrN3S/c1-15-3-4-16(2)11(8-15)6-14-7-12-5-10(13)9-17-12/h5,9,11,14H,3-4,6-8H2,1-2H3. The van der Waals surface area contributed by atoms with Crippen LogP contribution in [-0.2, 0) is 6.54 Å². The van der Waals surface area contributed by atoms with Crippen molar-refractivity contribution in [1.82, 2.24) is 15.1 Å². The van der Waals surface area contributed by atoms with Crippen LogP contribution in [0.4, 0.5) is 0 Å². The monoisotopic (exact) mass is 317 g/mol. The highest BCUT2D eigenvalue weighted by molar-refractivity contribution is 9.10. The summed E-state index contributed by atoms with van der Waals surface area (Å²) in [7, 11) is 4.43. The fourth-order valence-corrected chi connectivity index (χ4v) is 3.55. The third-order valence-corrected chi connectivity index (χ3v) is 4.98. The molecular weight excluding hydrogens is 298 g/mol. The lowest BCUT2D eigenvalue weighted by Gasteiger charge is -2.37. The van der Waals surface area contributed by atoms with Gasteiger partial charge in [-0.05, 0) is 36.1 Å². The third-order valence-electron chi connectivity index (χ3n) is 3.28. The van der Waals surface area contributed by atoms with Gasteiger partial charge < -0.3 is 10.2 Å². The molecule has 0 amide bonds. The Morgan fingerprint density at radius 2 is 2.29 bits per heavy atom. The Morgan fingerprint density at radius 1 is 1.47 bits per heavy atom. The van der Waals surface area contributed by atoms with E-state index in [0.717, 1.165) is 19.6 Å². The SMILES string of the molecule is CN1CCN(C)C(CNCc2cc(Br)cs2)C1. The molecule has 2 heterocycles. The van der Waals surface area contributed by atoms with Gasteiger partial charge in [-0.25, -0.2) is 0 Å². The summed E-state index contributed by atoms with van der Waals surface area (Å²) in [5.74, 6) is 0. The zero-order valence-corrected chi connectivity index (χ0v) is 12.9. The number of hydrogen-bond donors (Lipinski definition) is 1. The van der Waals surface area contributed by atoms with Gasteiger partial charge in [0.15, 0.2) is 0 Å². The van der Waals surface area contributed by atoms with E-state index in [9.17, 15) is 0 Å². The Labute approximate surface area is 116 Å². The number of hydrogen-bond acceptors (Lipinski definition) is 4. The molecule has 1 unspecified atom stereocenters. The van der Waals surface area contributed by atoms with Crippen molar-refractivity contribution in [2.45, 2.75) is 12.6 Å². The Hall–Kier alpha value is 0.0600. The number of nitrogens with zero attached hydrogens (tertiary/aromatic N) is 2. The van der Waals surface area contributed by atoms with Gasteiger partial charge >= 0.3 is 0 Å². The molecule has 1 fully saturated rings. The zero-order valence-electron chi connectivity index (χ0n) is 10.4. The highest BCUT2D eigenvalue weighted by atomic mass is 79.9. The minimum Gasteiger partial charge on any atom is -0.310 e. The van der Waals surface area contributed by atoms with Crippen LogP contribution in [0, 0.1) is 0 Å². The normalized spacial score (nSPS) is 23.1. The maximum atomic E-state index is 3.56. The molecule has 0 saturated carbocycles. The molecule has 1 aliphatic rings. The number of piperazine rings is 1. The molecular formula is C12H20BrN3S. The van der Waals surface area contributed by atoms with E-state index in [1.807, 2.05) is 0 Å². The van der Waals surface area contributed by atoms with Gasteiger partial charge in [-0.15, -0.1) is 11.3 Å². The average Bonchev–Trinajstić information content (AvgIpc) is 2.69. The van der Waals surface area contributed by atoms with Gasteiger partial charge in [0.1, 0.15) is 0 Å². The quantitative estimate of drug-likeness (QED) is 0.914. The molecule has 0 aromatic carbocycles. The van der Waals surface area contributed by atoms with Crippen molar-refractivity contribution in [3.05, 3.63) is 20.8 Å². The summed E-state index contributed by atoms with van der Waals surface area (Å²) in [6, 6.07) is 2.83. The molecule has 1 aromatic heterocycles. The summed E-state index contributed by atoms with van der Waals surface area (Å²) in [6.07, 6.45) is 0. The van der Waals surface area contributed by atoms with Gasteiger partial charge in [-0.2, -0.15) is 0 Å². The maximum absolute atomic E-state index is 3.56. The van der Waals surface area contributed by atoms with Crippen LogP contribution in [0.25, 0.3) is 0 Å². The molecule has 0 aliphatic carbocycles. The van der Waals surface area contributed by atoms with Gasteiger partial charge in [-0.3, -0.25) is 4.90 Å². The Bertz CT molecular complexity index is 355. The second-order valence-corrected chi connectivity index (χ2v) is 6.67. The highest BCUT2D eigenvalue weighted by Gasteiger charge is 2.21. The molecule has 5 heteroatoms. The van der Waals surface area contributed by atoms with E-state index in [1.165, 1.54) is 22.4 Å². The Morgan fingerprint density at radius 3 is 3.00 bits per heavy atom. The molecule has 96 valence electrons. The van der Waals surface area contributed by atoms with E-state index in [2.05, 4.69) is 56.6 Å². The summed E-state index contributed by atoms with van der Waals surface area (Å²) in [6.45, 7) is 5.57. The largest absolute Gasteiger partial charge is 0.310 e. The molecule has 1 saturated heterocycles. The average molecular weight is 318 g/mol. The Balaban J connectivity index is 1.74. The van der Waals surface area contributed by atoms with E-state index in [1.54, 1.807) is 11.3 Å². The lowest BCUT2D eigenvalue weighted by Crippen LogP contribution is -2.53. The number of thiophene rings is 1. The van der Waals surface area contributed by atoms with Crippen LogP contribution >= 0.6 is 27.3 Å². The van der Waals surface area contributed by atoms with Crippen molar-refractivity contribution in [3.63, 3.8) is 0 Å². The van der Waals surface area contributed by atoms with E-state index in [0.29, 0.717) is 6.04 Å². The molecule has 1 aliphatic heterocycles. The van der Waals surface area contributed by atoms with Crippen molar-refractivity contribution < 1.29 is 0 Å². The number of likely N-dealkylation sites (N-methyl/N-ethyl adjacent to an activating group) is 2. The van der Waals surface area contributed by atoms with E-state index < -0.39 is 0 Å². The van der Waals surface area contributed by atoms with Crippen molar-refractivity contribution in [2.75, 3.05) is 40.3 Å². The van der Waals surface area contributed by atoms with Gasteiger partial charge in [0.05, 0.1) is 0 Å². The summed E-state index contributed by atoms with van der Waals surface area (Å²) in [5, 5.41) is 5.69. The highest BCUT2D eigenvalue weighted by Crippen LogP contribution is 2.19. The van der Waals surface area contributed by atoms with Crippen LogP contribution in [0.1, 0.15) is 4.88 Å². The van der Waals surface area contributed by atoms with E-state index in [4.69, 9.17) is 0 Å². The molecule has 1 N–H and O–H groups in total. The first-order valence-corrected chi connectivity index (χ1v) is 7.65. The van der Waals surface area contributed by atoms with Crippen molar-refractivity contribution >= 4 is 27.3 Å². The molecule has 1 atom stereocenters. The zero-order chi connectivity index (χ0) is 12.3. The predicted octanol–water partition coefficient (Wildman–Crippen LogP) is 1.85. The smallest absolute Gasteiger partial charge is 0.0345 e. The number of rotatable bonds is 4. The van der Waals surface area contributed by atoms with Gasteiger partial charge in [0.25, 0.3) is 0 Å². The van der Waals surface area contributed by atoms with Crippen molar-refractivity contribution in [2.24, 2.45) is 0 Å². The topological polar surface area (TPSA) is 18.5 Å². The first-order valence-electron chi connectivity index (χ1n) is 5.97. The van der Waals surface area contributed by atoms with Gasteiger partial charge in [-0.1, -0.05) is 0 Å². The minimum absolute atomic E-state index is 0.636. The molecule has 0 bridgehead atoms. The maximum Gasteiger partial charge on any atom is 0.0345 e. The first kappa shape index (κ1) is 13.5. The van der Waals surface area contributed by atoms with Crippen LogP contribution < -0.4 is 5.32 Å². The summed E-state index contributed by atoms with van der Waals surface area (Å²) in [4.78, 5) is 6.26. The van der Waals surface area contributed by atoms with Crippen LogP contribution in [0.15, 0.2) is 15.9 Å². The van der Waals surface area contributed by atoms with Crippen LogP contribution in [0.3, 0.4) is 0 Å². The fraction of sp³-hybridized carbons (Fsp3) is 0.667. The lowest BCUT2D eigenvalue weighted by molar-refractivity contribution is 0.113. The van der Waals surface area contributed by atoms with Crippen molar-refractivity contribution in [1.29, 1.82) is 0 Å². The van der Waals surface area contributed by atoms with Crippen LogP contribution in [-0.4, -0.2) is 56.1 Å². The third kappa shape index (κ3) is 4.03. The first-order chi connectivity index (χ1) is 8.15. The molecule has 0 radical (unpaired) electrons.